The van der Waals surface area contributed by atoms with Crippen molar-refractivity contribution in [2.24, 2.45) is 7.05 Å². The summed E-state index contributed by atoms with van der Waals surface area (Å²) >= 11 is 0. The Balaban J connectivity index is 1.56. The van der Waals surface area contributed by atoms with Crippen molar-refractivity contribution in [3.63, 3.8) is 0 Å². The molecule has 4 rings (SSSR count). The van der Waals surface area contributed by atoms with E-state index >= 15 is 0 Å². The van der Waals surface area contributed by atoms with E-state index in [1.165, 1.54) is 0 Å². The number of carbonyl (C=O) groups excluding carboxylic acids is 1. The second-order valence-corrected chi connectivity index (χ2v) is 6.88. The van der Waals surface area contributed by atoms with Crippen molar-refractivity contribution in [3.05, 3.63) is 60.2 Å². The second-order valence-electron chi connectivity index (χ2n) is 6.88. The van der Waals surface area contributed by atoms with E-state index in [9.17, 15) is 4.79 Å². The smallest absolute Gasteiger partial charge is 0.272 e. The van der Waals surface area contributed by atoms with Crippen LogP contribution in [0.5, 0.6) is 0 Å². The third-order valence-corrected chi connectivity index (χ3v) is 5.15. The van der Waals surface area contributed by atoms with E-state index in [4.69, 9.17) is 4.98 Å². The van der Waals surface area contributed by atoms with Crippen LogP contribution in [0.15, 0.2) is 43.0 Å². The molecule has 0 unspecified atom stereocenters. The maximum absolute atomic E-state index is 12.7. The van der Waals surface area contributed by atoms with E-state index in [-0.39, 0.29) is 11.8 Å². The molecule has 3 aromatic heterocycles. The summed E-state index contributed by atoms with van der Waals surface area (Å²) in [5, 5.41) is 0. The van der Waals surface area contributed by atoms with Crippen molar-refractivity contribution in [1.82, 2.24) is 29.4 Å². The number of piperidine rings is 1. The highest BCUT2D eigenvalue weighted by Gasteiger charge is 2.27. The zero-order chi connectivity index (χ0) is 18.8. The quantitative estimate of drug-likeness (QED) is 0.716. The summed E-state index contributed by atoms with van der Waals surface area (Å²) in [6.07, 6.45) is 8.99. The number of likely N-dealkylation sites (tertiary alicyclic amines) is 1. The predicted molar refractivity (Wildman–Crippen MR) is 101 cm³/mol. The van der Waals surface area contributed by atoms with Gasteiger partial charge in [-0.05, 0) is 31.9 Å². The van der Waals surface area contributed by atoms with Gasteiger partial charge in [0.25, 0.3) is 5.91 Å². The van der Waals surface area contributed by atoms with Crippen molar-refractivity contribution < 1.29 is 4.79 Å². The van der Waals surface area contributed by atoms with Gasteiger partial charge in [0.05, 0.1) is 23.8 Å². The average Bonchev–Trinajstić information content (AvgIpc) is 3.07. The Labute approximate surface area is 158 Å². The topological polar surface area (TPSA) is 76.8 Å². The SMILES string of the molecule is Cc1ncc(-c2cncc([C@@H]3CCCN(C(=O)c4ccccn4)C3)n2)n1C. The lowest BCUT2D eigenvalue weighted by Gasteiger charge is -2.32. The number of aromatic nitrogens is 5. The summed E-state index contributed by atoms with van der Waals surface area (Å²) < 4.78 is 2.01. The highest BCUT2D eigenvalue weighted by atomic mass is 16.2. The molecule has 0 radical (unpaired) electrons. The largest absolute Gasteiger partial charge is 0.337 e. The van der Waals surface area contributed by atoms with Crippen LogP contribution in [-0.4, -0.2) is 48.4 Å². The lowest BCUT2D eigenvalue weighted by Crippen LogP contribution is -2.39. The molecule has 0 aromatic carbocycles. The molecule has 0 N–H and O–H groups in total. The second kappa shape index (κ2) is 7.26. The first kappa shape index (κ1) is 17.3. The Morgan fingerprint density at radius 1 is 1.19 bits per heavy atom. The van der Waals surface area contributed by atoms with Gasteiger partial charge < -0.3 is 9.47 Å². The number of aryl methyl sites for hydroxylation is 1. The first-order valence-corrected chi connectivity index (χ1v) is 9.14. The van der Waals surface area contributed by atoms with E-state index in [1.54, 1.807) is 18.5 Å². The number of nitrogens with zero attached hydrogens (tertiary/aromatic N) is 6. The molecule has 3 aromatic rings. The minimum atomic E-state index is -0.0216. The fourth-order valence-corrected chi connectivity index (χ4v) is 3.50. The molecule has 1 saturated heterocycles. The molecule has 27 heavy (non-hydrogen) atoms. The first-order chi connectivity index (χ1) is 13.1. The summed E-state index contributed by atoms with van der Waals surface area (Å²) in [5.41, 5.74) is 3.16. The van der Waals surface area contributed by atoms with Crippen LogP contribution in [0.2, 0.25) is 0 Å². The lowest BCUT2D eigenvalue weighted by molar-refractivity contribution is 0.0700. The van der Waals surface area contributed by atoms with Crippen LogP contribution in [0.4, 0.5) is 0 Å². The van der Waals surface area contributed by atoms with Gasteiger partial charge in [0.2, 0.25) is 0 Å². The summed E-state index contributed by atoms with van der Waals surface area (Å²) in [6, 6.07) is 5.42. The van der Waals surface area contributed by atoms with Crippen LogP contribution in [0, 0.1) is 6.92 Å². The number of carbonyl (C=O) groups is 1. The van der Waals surface area contributed by atoms with Crippen LogP contribution < -0.4 is 0 Å². The normalized spacial score (nSPS) is 17.1. The predicted octanol–water partition coefficient (Wildman–Crippen LogP) is 2.60. The minimum Gasteiger partial charge on any atom is -0.337 e. The highest BCUT2D eigenvalue weighted by Crippen LogP contribution is 2.27. The van der Waals surface area contributed by atoms with Gasteiger partial charge in [0.15, 0.2) is 0 Å². The molecule has 1 atom stereocenters. The molecule has 0 spiro atoms. The standard InChI is InChI=1S/C20H22N6O/c1-14-23-12-19(25(14)2)18-11-21-10-17(24-18)15-6-5-9-26(13-15)20(27)16-7-3-4-8-22-16/h3-4,7-8,10-12,15H,5-6,9,13H2,1-2H3/t15-/m1/s1. The van der Waals surface area contributed by atoms with Crippen molar-refractivity contribution in [2.75, 3.05) is 13.1 Å². The van der Waals surface area contributed by atoms with Crippen LogP contribution in [0.1, 0.15) is 40.8 Å². The molecule has 1 aliphatic rings. The Hall–Kier alpha value is -3.09. The Morgan fingerprint density at radius 3 is 2.81 bits per heavy atom. The van der Waals surface area contributed by atoms with Crippen molar-refractivity contribution in [2.45, 2.75) is 25.7 Å². The third-order valence-electron chi connectivity index (χ3n) is 5.15. The van der Waals surface area contributed by atoms with E-state index in [0.29, 0.717) is 12.2 Å². The number of imidazole rings is 1. The molecule has 4 heterocycles. The molecule has 1 fully saturated rings. The van der Waals surface area contributed by atoms with E-state index in [0.717, 1.165) is 42.3 Å². The van der Waals surface area contributed by atoms with Gasteiger partial charge in [-0.3, -0.25) is 14.8 Å². The van der Waals surface area contributed by atoms with E-state index in [2.05, 4.69) is 15.0 Å². The minimum absolute atomic E-state index is 0.0216. The van der Waals surface area contributed by atoms with Gasteiger partial charge in [-0.25, -0.2) is 9.97 Å². The zero-order valence-electron chi connectivity index (χ0n) is 15.5. The maximum atomic E-state index is 12.7. The van der Waals surface area contributed by atoms with Crippen LogP contribution in [0.3, 0.4) is 0 Å². The number of rotatable bonds is 3. The molecule has 7 heteroatoms. The molecule has 7 nitrogen and oxygen atoms in total. The molecular formula is C20H22N6O. The van der Waals surface area contributed by atoms with E-state index in [1.807, 2.05) is 48.0 Å². The third kappa shape index (κ3) is 3.45. The van der Waals surface area contributed by atoms with Gasteiger partial charge in [-0.15, -0.1) is 0 Å². The summed E-state index contributed by atoms with van der Waals surface area (Å²) in [6.45, 7) is 3.35. The lowest BCUT2D eigenvalue weighted by atomic mass is 9.94. The Morgan fingerprint density at radius 2 is 2.07 bits per heavy atom. The fourth-order valence-electron chi connectivity index (χ4n) is 3.50. The van der Waals surface area contributed by atoms with Crippen LogP contribution >= 0.6 is 0 Å². The highest BCUT2D eigenvalue weighted by molar-refractivity contribution is 5.92. The number of hydrogen-bond donors (Lipinski definition) is 0. The first-order valence-electron chi connectivity index (χ1n) is 9.14. The van der Waals surface area contributed by atoms with Gasteiger partial charge in [-0.2, -0.15) is 0 Å². The molecule has 1 amide bonds. The van der Waals surface area contributed by atoms with Crippen molar-refractivity contribution in [3.8, 4) is 11.4 Å². The summed E-state index contributed by atoms with van der Waals surface area (Å²) in [5.74, 6) is 1.09. The Bertz CT molecular complexity index is 952. The van der Waals surface area contributed by atoms with Crippen LogP contribution in [-0.2, 0) is 7.05 Å². The molecule has 0 aliphatic carbocycles. The molecule has 0 bridgehead atoms. The van der Waals surface area contributed by atoms with Gasteiger partial charge >= 0.3 is 0 Å². The Kier molecular flexibility index (Phi) is 4.66. The van der Waals surface area contributed by atoms with Crippen LogP contribution in [0.25, 0.3) is 11.4 Å². The molecular weight excluding hydrogens is 340 g/mol. The number of hydrogen-bond acceptors (Lipinski definition) is 5. The van der Waals surface area contributed by atoms with Crippen molar-refractivity contribution in [1.29, 1.82) is 0 Å². The van der Waals surface area contributed by atoms with Gasteiger partial charge in [-0.1, -0.05) is 6.07 Å². The fraction of sp³-hybridized carbons (Fsp3) is 0.350. The van der Waals surface area contributed by atoms with Gasteiger partial charge in [0, 0.05) is 38.4 Å². The van der Waals surface area contributed by atoms with Gasteiger partial charge in [0.1, 0.15) is 17.2 Å². The zero-order valence-corrected chi connectivity index (χ0v) is 15.5. The maximum Gasteiger partial charge on any atom is 0.272 e. The number of pyridine rings is 1. The molecule has 138 valence electrons. The molecule has 1 aliphatic heterocycles. The monoisotopic (exact) mass is 362 g/mol. The number of amides is 1. The van der Waals surface area contributed by atoms with Crippen molar-refractivity contribution >= 4 is 5.91 Å². The average molecular weight is 362 g/mol. The van der Waals surface area contributed by atoms with E-state index < -0.39 is 0 Å². The summed E-state index contributed by atoms with van der Waals surface area (Å²) in [4.78, 5) is 32.4. The summed E-state index contributed by atoms with van der Waals surface area (Å²) in [7, 11) is 1.97. The molecule has 0 saturated carbocycles.